The average molecular weight is 307 g/mol. The lowest BCUT2D eigenvalue weighted by molar-refractivity contribution is -0.137. The zero-order valence-corrected chi connectivity index (χ0v) is 12.1. The number of nitrogens with one attached hydrogen (secondary N) is 2. The molecule has 2 rings (SSSR count). The fourth-order valence-electron chi connectivity index (χ4n) is 1.97. The number of aliphatic carboxylic acids is 1. The normalized spacial score (nSPS) is 11.9. The van der Waals surface area contributed by atoms with Crippen molar-refractivity contribution < 1.29 is 14.7 Å². The summed E-state index contributed by atoms with van der Waals surface area (Å²) in [6.07, 6.45) is 1.61. The second-order valence-corrected chi connectivity index (χ2v) is 5.24. The summed E-state index contributed by atoms with van der Waals surface area (Å²) in [4.78, 5) is 25.4. The first-order valence-electron chi connectivity index (χ1n) is 6.42. The number of carbonyl (C=O) groups excluding carboxylic acids is 1. The first kappa shape index (κ1) is 15.1. The number of hydrogen-bond acceptors (Lipinski definition) is 2. The van der Waals surface area contributed by atoms with Gasteiger partial charge in [-0.3, -0.25) is 9.59 Å². The molecule has 0 spiro atoms. The molecule has 0 aliphatic heterocycles. The van der Waals surface area contributed by atoms with Gasteiger partial charge in [-0.25, -0.2) is 0 Å². The molecular formula is C15H15ClN2O3. The maximum absolute atomic E-state index is 11.9. The number of carboxylic acid groups (broad SMARTS) is 1. The van der Waals surface area contributed by atoms with Crippen molar-refractivity contribution in [2.24, 2.45) is 0 Å². The van der Waals surface area contributed by atoms with Crippen molar-refractivity contribution in [3.63, 3.8) is 0 Å². The number of anilines is 1. The van der Waals surface area contributed by atoms with Crippen LogP contribution in [0.25, 0.3) is 0 Å². The molecule has 0 aliphatic rings. The number of aromatic amines is 1. The van der Waals surface area contributed by atoms with Crippen LogP contribution in [0.2, 0.25) is 5.02 Å². The molecule has 0 saturated heterocycles. The summed E-state index contributed by atoms with van der Waals surface area (Å²) >= 11 is 5.75. The van der Waals surface area contributed by atoms with E-state index in [1.54, 1.807) is 18.2 Å². The van der Waals surface area contributed by atoms with E-state index in [9.17, 15) is 9.59 Å². The Morgan fingerprint density at radius 3 is 2.52 bits per heavy atom. The second kappa shape index (κ2) is 6.45. The van der Waals surface area contributed by atoms with Crippen LogP contribution in [0.4, 0.5) is 5.69 Å². The van der Waals surface area contributed by atoms with Crippen LogP contribution in [-0.2, 0) is 4.79 Å². The molecule has 3 N–H and O–H groups in total. The molecule has 0 fully saturated rings. The van der Waals surface area contributed by atoms with Crippen LogP contribution in [0.1, 0.15) is 35.3 Å². The zero-order chi connectivity index (χ0) is 15.4. The molecule has 5 nitrogen and oxygen atoms in total. The summed E-state index contributed by atoms with van der Waals surface area (Å²) < 4.78 is 0. The number of carboxylic acids is 1. The van der Waals surface area contributed by atoms with Crippen molar-refractivity contribution in [2.75, 3.05) is 5.32 Å². The second-order valence-electron chi connectivity index (χ2n) is 4.81. The van der Waals surface area contributed by atoms with Crippen molar-refractivity contribution in [3.8, 4) is 0 Å². The average Bonchev–Trinajstić information content (AvgIpc) is 2.85. The first-order chi connectivity index (χ1) is 9.95. The monoisotopic (exact) mass is 306 g/mol. The summed E-state index contributed by atoms with van der Waals surface area (Å²) in [5.41, 5.74) is 1.93. The molecule has 1 unspecified atom stereocenters. The fraction of sp³-hybridized carbons (Fsp3) is 0.200. The van der Waals surface area contributed by atoms with Gasteiger partial charge in [0.2, 0.25) is 0 Å². The number of benzene rings is 1. The number of carbonyl (C=O) groups is 2. The van der Waals surface area contributed by atoms with Crippen LogP contribution in [-0.4, -0.2) is 22.0 Å². The van der Waals surface area contributed by atoms with Gasteiger partial charge in [-0.15, -0.1) is 0 Å². The molecule has 6 heteroatoms. The predicted octanol–water partition coefficient (Wildman–Crippen LogP) is 3.50. The van der Waals surface area contributed by atoms with Gasteiger partial charge in [-0.2, -0.15) is 0 Å². The summed E-state index contributed by atoms with van der Waals surface area (Å²) in [6, 6.07) is 8.66. The number of halogens is 1. The summed E-state index contributed by atoms with van der Waals surface area (Å²) in [6.45, 7) is 1.85. The van der Waals surface area contributed by atoms with Gasteiger partial charge in [-0.05, 0) is 29.7 Å². The highest BCUT2D eigenvalue weighted by atomic mass is 35.5. The zero-order valence-electron chi connectivity index (χ0n) is 11.4. The summed E-state index contributed by atoms with van der Waals surface area (Å²) in [5, 5.41) is 12.0. The molecule has 0 radical (unpaired) electrons. The lowest BCUT2D eigenvalue weighted by Crippen LogP contribution is -2.12. The first-order valence-corrected chi connectivity index (χ1v) is 6.80. The van der Waals surface area contributed by atoms with Crippen molar-refractivity contribution in [2.45, 2.75) is 19.3 Å². The van der Waals surface area contributed by atoms with Crippen molar-refractivity contribution in [3.05, 3.63) is 52.8 Å². The molecule has 21 heavy (non-hydrogen) atoms. The topological polar surface area (TPSA) is 82.2 Å². The van der Waals surface area contributed by atoms with E-state index >= 15 is 0 Å². The highest BCUT2D eigenvalue weighted by Gasteiger charge is 2.11. The molecule has 1 amide bonds. The van der Waals surface area contributed by atoms with Crippen LogP contribution < -0.4 is 5.32 Å². The molecule has 1 atom stereocenters. The quantitative estimate of drug-likeness (QED) is 0.790. The van der Waals surface area contributed by atoms with E-state index in [1.165, 1.54) is 6.20 Å². The molecule has 1 heterocycles. The lowest BCUT2D eigenvalue weighted by atomic mass is 9.98. The number of H-pyrrole nitrogens is 1. The molecule has 0 bridgehead atoms. The maximum Gasteiger partial charge on any atom is 0.303 e. The van der Waals surface area contributed by atoms with Gasteiger partial charge in [-0.1, -0.05) is 30.7 Å². The van der Waals surface area contributed by atoms with Gasteiger partial charge < -0.3 is 15.4 Å². The lowest BCUT2D eigenvalue weighted by Gasteiger charge is -2.10. The van der Waals surface area contributed by atoms with E-state index in [2.05, 4.69) is 10.3 Å². The van der Waals surface area contributed by atoms with Gasteiger partial charge in [0.15, 0.2) is 0 Å². The summed E-state index contributed by atoms with van der Waals surface area (Å²) in [5.74, 6) is -1.19. The van der Waals surface area contributed by atoms with Crippen molar-refractivity contribution >= 4 is 29.2 Å². The van der Waals surface area contributed by atoms with E-state index in [0.717, 1.165) is 5.56 Å². The van der Waals surface area contributed by atoms with Gasteiger partial charge in [0.1, 0.15) is 5.69 Å². The molecule has 2 aromatic rings. The van der Waals surface area contributed by atoms with Crippen LogP contribution in [0, 0.1) is 0 Å². The molecule has 110 valence electrons. The third-order valence-electron chi connectivity index (χ3n) is 3.11. The van der Waals surface area contributed by atoms with E-state index in [-0.39, 0.29) is 18.2 Å². The van der Waals surface area contributed by atoms with Gasteiger partial charge in [0.25, 0.3) is 5.91 Å². The summed E-state index contributed by atoms with van der Waals surface area (Å²) in [7, 11) is 0. The van der Waals surface area contributed by atoms with Gasteiger partial charge in [0, 0.05) is 11.9 Å². The third kappa shape index (κ3) is 4.10. The Morgan fingerprint density at radius 2 is 2.00 bits per heavy atom. The Hall–Kier alpha value is -2.27. The fourth-order valence-corrected chi connectivity index (χ4v) is 2.14. The van der Waals surface area contributed by atoms with E-state index in [0.29, 0.717) is 16.4 Å². The largest absolute Gasteiger partial charge is 0.481 e. The highest BCUT2D eigenvalue weighted by Crippen LogP contribution is 2.21. The van der Waals surface area contributed by atoms with Crippen LogP contribution in [0.3, 0.4) is 0 Å². The maximum atomic E-state index is 11.9. The van der Waals surface area contributed by atoms with Crippen molar-refractivity contribution in [1.82, 2.24) is 4.98 Å². The smallest absolute Gasteiger partial charge is 0.303 e. The molecule has 0 saturated carbocycles. The Labute approximate surface area is 126 Å². The number of aromatic nitrogens is 1. The molecule has 1 aromatic carbocycles. The highest BCUT2D eigenvalue weighted by molar-refractivity contribution is 6.31. The standard InChI is InChI=1S/C15H15ClN2O3/c1-9(6-14(19)20)10-2-4-12(5-3-10)18-15(21)13-7-11(16)8-17-13/h2-5,7-9,17H,6H2,1H3,(H,18,21)(H,19,20). The van der Waals surface area contributed by atoms with Crippen LogP contribution >= 0.6 is 11.6 Å². The Morgan fingerprint density at radius 1 is 1.33 bits per heavy atom. The third-order valence-corrected chi connectivity index (χ3v) is 3.33. The minimum atomic E-state index is -0.830. The SMILES string of the molecule is CC(CC(=O)O)c1ccc(NC(=O)c2cc(Cl)c[nH]2)cc1. The van der Waals surface area contributed by atoms with Gasteiger partial charge >= 0.3 is 5.97 Å². The van der Waals surface area contributed by atoms with Gasteiger partial charge in [0.05, 0.1) is 11.4 Å². The number of hydrogen-bond donors (Lipinski definition) is 3. The Kier molecular flexibility index (Phi) is 4.65. The van der Waals surface area contributed by atoms with E-state index in [4.69, 9.17) is 16.7 Å². The van der Waals surface area contributed by atoms with Crippen molar-refractivity contribution in [1.29, 1.82) is 0 Å². The van der Waals surface area contributed by atoms with Crippen LogP contribution in [0.15, 0.2) is 36.5 Å². The van der Waals surface area contributed by atoms with E-state index in [1.807, 2.05) is 19.1 Å². The molecule has 0 aliphatic carbocycles. The molecular weight excluding hydrogens is 292 g/mol. The molecule has 1 aromatic heterocycles. The van der Waals surface area contributed by atoms with E-state index < -0.39 is 5.97 Å². The Bertz CT molecular complexity index is 649. The predicted molar refractivity (Wildman–Crippen MR) is 80.9 cm³/mol. The minimum absolute atomic E-state index is 0.0746. The number of amides is 1. The minimum Gasteiger partial charge on any atom is -0.481 e. The number of rotatable bonds is 5. The van der Waals surface area contributed by atoms with Crippen LogP contribution in [0.5, 0.6) is 0 Å². The Balaban J connectivity index is 2.02.